The quantitative estimate of drug-likeness (QED) is 0.703. The fraction of sp³-hybridized carbons (Fsp3) is 0.100. The first kappa shape index (κ1) is 9.06. The number of benzene rings is 1. The van der Waals surface area contributed by atoms with Gasteiger partial charge in [0.05, 0.1) is 0 Å². The van der Waals surface area contributed by atoms with Crippen LogP contribution >= 0.6 is 0 Å². The van der Waals surface area contributed by atoms with Crippen molar-refractivity contribution in [1.29, 1.82) is 5.26 Å². The van der Waals surface area contributed by atoms with Gasteiger partial charge in [-0.05, 0) is 0 Å². The number of nitriles is 1. The summed E-state index contributed by atoms with van der Waals surface area (Å²) in [7, 11) is 0. The molecular weight excluding hydrogens is 213 g/mol. The summed E-state index contributed by atoms with van der Waals surface area (Å²) < 4.78 is 0. The zero-order valence-electron chi connectivity index (χ0n) is 6.82. The average Bonchev–Trinajstić information content (AvgIpc) is 2.09. The molecule has 0 unspecified atom stereocenters. The second-order valence-electron chi connectivity index (χ2n) is 2.42. The molecular formula is C10H9NSe. The zero-order valence-corrected chi connectivity index (χ0v) is 8.53. The summed E-state index contributed by atoms with van der Waals surface area (Å²) >= 11 is -0.00904. The van der Waals surface area contributed by atoms with Crippen molar-refractivity contribution in [2.45, 2.75) is 6.92 Å². The second kappa shape index (κ2) is 4.77. The van der Waals surface area contributed by atoms with E-state index in [0.717, 1.165) is 5.56 Å². The van der Waals surface area contributed by atoms with Crippen LogP contribution in [0.4, 0.5) is 0 Å². The molecule has 60 valence electrons. The molecule has 0 aliphatic carbocycles. The third kappa shape index (κ3) is 2.92. The molecule has 1 rings (SSSR count). The van der Waals surface area contributed by atoms with E-state index in [0.29, 0.717) is 0 Å². The van der Waals surface area contributed by atoms with Crippen LogP contribution in [0.1, 0.15) is 11.1 Å². The predicted molar refractivity (Wildman–Crippen MR) is 51.6 cm³/mol. The molecule has 0 amide bonds. The van der Waals surface area contributed by atoms with Crippen molar-refractivity contribution in [1.82, 2.24) is 0 Å². The number of hydrogen-bond acceptors (Lipinski definition) is 1. The Morgan fingerprint density at radius 2 is 2.00 bits per heavy atom. The molecule has 12 heavy (non-hydrogen) atoms. The van der Waals surface area contributed by atoms with E-state index in [1.807, 2.05) is 11.1 Å². The van der Waals surface area contributed by atoms with E-state index in [1.165, 1.54) is 5.56 Å². The van der Waals surface area contributed by atoms with Gasteiger partial charge in [0.1, 0.15) is 0 Å². The Bertz CT molecular complexity index is 306. The molecule has 0 N–H and O–H groups in total. The minimum atomic E-state index is -0.00904. The first-order chi connectivity index (χ1) is 5.83. The van der Waals surface area contributed by atoms with Crippen LogP contribution in [0.25, 0.3) is 6.08 Å². The third-order valence-electron chi connectivity index (χ3n) is 1.46. The van der Waals surface area contributed by atoms with E-state index >= 15 is 0 Å². The number of nitrogens with zero attached hydrogens (tertiary/aromatic N) is 1. The number of hydrogen-bond donors (Lipinski definition) is 0. The summed E-state index contributed by atoms with van der Waals surface area (Å²) in [5.41, 5.74) is 2.43. The van der Waals surface area contributed by atoms with Crippen LogP contribution in [0, 0.1) is 17.2 Å². The van der Waals surface area contributed by atoms with Crippen molar-refractivity contribution in [3.63, 3.8) is 0 Å². The van der Waals surface area contributed by atoms with Crippen LogP contribution in [0.5, 0.6) is 0 Å². The van der Waals surface area contributed by atoms with Gasteiger partial charge >= 0.3 is 78.6 Å². The van der Waals surface area contributed by atoms with Crippen molar-refractivity contribution in [2.24, 2.45) is 0 Å². The average molecular weight is 222 g/mol. The standard InChI is InChI=1S/C10H9NSe/c1-9-2-4-10(5-3-9)6-7-12-8-11/h2-7H,1H3/b7-6+. The Morgan fingerprint density at radius 1 is 1.33 bits per heavy atom. The Hall–Kier alpha value is -1.03. The molecule has 0 aromatic heterocycles. The maximum atomic E-state index is 8.31. The molecule has 2 heteroatoms. The van der Waals surface area contributed by atoms with E-state index in [1.54, 1.807) is 0 Å². The minimum absolute atomic E-state index is 0.00904. The van der Waals surface area contributed by atoms with Crippen molar-refractivity contribution >= 4 is 21.0 Å². The number of rotatable bonds is 2. The molecule has 0 bridgehead atoms. The molecule has 0 spiro atoms. The first-order valence-corrected chi connectivity index (χ1v) is 5.45. The van der Waals surface area contributed by atoms with Crippen LogP contribution in [0.3, 0.4) is 0 Å². The molecule has 1 aromatic rings. The van der Waals surface area contributed by atoms with E-state index in [2.05, 4.69) is 36.2 Å². The fourth-order valence-electron chi connectivity index (χ4n) is 0.821. The van der Waals surface area contributed by atoms with E-state index in [4.69, 9.17) is 5.26 Å². The maximum absolute atomic E-state index is 8.31. The molecule has 0 saturated heterocycles. The van der Waals surface area contributed by atoms with Gasteiger partial charge in [0.15, 0.2) is 0 Å². The van der Waals surface area contributed by atoms with Gasteiger partial charge in [0.2, 0.25) is 0 Å². The van der Waals surface area contributed by atoms with E-state index < -0.39 is 0 Å². The topological polar surface area (TPSA) is 23.8 Å². The Kier molecular flexibility index (Phi) is 3.60. The Morgan fingerprint density at radius 3 is 2.58 bits per heavy atom. The molecule has 0 fully saturated rings. The summed E-state index contributed by atoms with van der Waals surface area (Å²) in [6.07, 6.45) is 1.99. The molecule has 1 aromatic carbocycles. The summed E-state index contributed by atoms with van der Waals surface area (Å²) in [6, 6.07) is 8.25. The van der Waals surface area contributed by atoms with Gasteiger partial charge in [-0.15, -0.1) is 0 Å². The molecule has 0 saturated carbocycles. The van der Waals surface area contributed by atoms with E-state index in [-0.39, 0.29) is 15.0 Å². The van der Waals surface area contributed by atoms with Crippen LogP contribution in [0.2, 0.25) is 0 Å². The summed E-state index contributed by atoms with van der Waals surface area (Å²) in [6.45, 7) is 2.06. The van der Waals surface area contributed by atoms with Crippen LogP contribution < -0.4 is 0 Å². The second-order valence-corrected chi connectivity index (χ2v) is 3.87. The van der Waals surface area contributed by atoms with E-state index in [9.17, 15) is 0 Å². The molecule has 1 nitrogen and oxygen atoms in total. The third-order valence-corrected chi connectivity index (χ3v) is 2.25. The molecule has 0 radical (unpaired) electrons. The SMILES string of the molecule is Cc1ccc(/C=C/[Se]C#N)cc1. The van der Waals surface area contributed by atoms with Gasteiger partial charge in [0.25, 0.3) is 0 Å². The Balaban J connectivity index is 2.66. The molecule has 0 heterocycles. The van der Waals surface area contributed by atoms with Gasteiger partial charge in [0, 0.05) is 0 Å². The van der Waals surface area contributed by atoms with Crippen molar-refractivity contribution in [3.05, 3.63) is 40.4 Å². The molecule has 0 aliphatic heterocycles. The normalized spacial score (nSPS) is 10.0. The molecule has 0 aliphatic rings. The van der Waals surface area contributed by atoms with Crippen molar-refractivity contribution in [2.75, 3.05) is 0 Å². The summed E-state index contributed by atoms with van der Waals surface area (Å²) in [5.74, 6) is 0. The van der Waals surface area contributed by atoms with Gasteiger partial charge < -0.3 is 0 Å². The van der Waals surface area contributed by atoms with Crippen LogP contribution in [-0.2, 0) is 0 Å². The summed E-state index contributed by atoms with van der Waals surface area (Å²) in [5, 5.41) is 8.31. The number of aryl methyl sites for hydroxylation is 1. The van der Waals surface area contributed by atoms with Gasteiger partial charge in [-0.25, -0.2) is 0 Å². The first-order valence-electron chi connectivity index (χ1n) is 3.61. The zero-order chi connectivity index (χ0) is 8.81. The van der Waals surface area contributed by atoms with Gasteiger partial charge in [-0.2, -0.15) is 0 Å². The van der Waals surface area contributed by atoms with Crippen molar-refractivity contribution in [3.8, 4) is 4.97 Å². The van der Waals surface area contributed by atoms with Crippen molar-refractivity contribution < 1.29 is 0 Å². The van der Waals surface area contributed by atoms with Gasteiger partial charge in [-0.3, -0.25) is 0 Å². The fourth-order valence-corrected chi connectivity index (χ4v) is 1.42. The van der Waals surface area contributed by atoms with Gasteiger partial charge in [-0.1, -0.05) is 0 Å². The Labute approximate surface area is 78.9 Å². The predicted octanol–water partition coefficient (Wildman–Crippen LogP) is 2.15. The summed E-state index contributed by atoms with van der Waals surface area (Å²) in [4.78, 5) is 4.05. The van der Waals surface area contributed by atoms with Crippen LogP contribution in [-0.4, -0.2) is 15.0 Å². The molecule has 0 atom stereocenters. The monoisotopic (exact) mass is 223 g/mol. The van der Waals surface area contributed by atoms with Crippen LogP contribution in [0.15, 0.2) is 29.2 Å².